The molecule has 4 aromatic rings. The number of nitrogens with zero attached hydrogens (tertiary/aromatic N) is 4. The van der Waals surface area contributed by atoms with Crippen LogP contribution in [0.25, 0.3) is 10.9 Å². The van der Waals surface area contributed by atoms with Gasteiger partial charge in [-0.05, 0) is 30.3 Å². The summed E-state index contributed by atoms with van der Waals surface area (Å²) in [4.78, 5) is 39.5. The van der Waals surface area contributed by atoms with Gasteiger partial charge < -0.3 is 24.6 Å². The minimum atomic E-state index is -0.564. The number of anilines is 1. The molecule has 2 heterocycles. The van der Waals surface area contributed by atoms with E-state index < -0.39 is 5.97 Å². The van der Waals surface area contributed by atoms with Crippen LogP contribution in [-0.2, 0) is 9.53 Å². The van der Waals surface area contributed by atoms with E-state index >= 15 is 0 Å². The fraction of sp³-hybridized carbons (Fsp3) is 0.214. The molecule has 2 aromatic carbocycles. The largest absolute Gasteiger partial charge is 0.494 e. The van der Waals surface area contributed by atoms with Crippen molar-refractivity contribution in [2.75, 3.05) is 39.7 Å². The van der Waals surface area contributed by atoms with E-state index in [1.165, 1.54) is 13.3 Å². The molecule has 0 aliphatic carbocycles. The highest BCUT2D eigenvalue weighted by Gasteiger charge is 2.20. The van der Waals surface area contributed by atoms with Gasteiger partial charge in [0.25, 0.3) is 0 Å². The van der Waals surface area contributed by atoms with Crippen LogP contribution in [0, 0.1) is 0 Å². The van der Waals surface area contributed by atoms with E-state index in [2.05, 4.69) is 9.97 Å². The number of hydrogen-bond acceptors (Lipinski definition) is 7. The van der Waals surface area contributed by atoms with E-state index in [0.717, 1.165) is 11.3 Å². The van der Waals surface area contributed by atoms with Crippen molar-refractivity contribution in [1.29, 1.82) is 0 Å². The van der Waals surface area contributed by atoms with Crippen molar-refractivity contribution in [3.63, 3.8) is 0 Å². The monoisotopic (exact) mass is 499 g/mol. The first-order chi connectivity index (χ1) is 17.8. The van der Waals surface area contributed by atoms with Gasteiger partial charge in [0, 0.05) is 56.9 Å². The molecule has 9 heteroatoms. The molecule has 2 aromatic heterocycles. The molecule has 4 rings (SSSR count). The van der Waals surface area contributed by atoms with E-state index in [9.17, 15) is 14.7 Å². The van der Waals surface area contributed by atoms with Crippen LogP contribution >= 0.6 is 0 Å². The standard InChI is InChI=1S/C28H29N5O4/c1-32(2)24(34)14-15-33(3)20-12-10-19(11-13-20)30-26(18-8-6-5-7-9-18)25-21-17-29-23(28(36)37-4)16-22(21)31-27(25)35/h5-13,16-17,31,35H,14-15H2,1-4H3. The first-order valence-electron chi connectivity index (χ1n) is 11.7. The molecule has 0 saturated heterocycles. The lowest BCUT2D eigenvalue weighted by atomic mass is 10.0. The summed E-state index contributed by atoms with van der Waals surface area (Å²) in [6.07, 6.45) is 1.95. The molecule has 0 radical (unpaired) electrons. The fourth-order valence-electron chi connectivity index (χ4n) is 3.92. The van der Waals surface area contributed by atoms with Crippen LogP contribution in [0.4, 0.5) is 11.4 Å². The number of carbonyl (C=O) groups excluding carboxylic acids is 2. The van der Waals surface area contributed by atoms with Gasteiger partial charge in [0.2, 0.25) is 5.91 Å². The lowest BCUT2D eigenvalue weighted by Crippen LogP contribution is -2.27. The first-order valence-corrected chi connectivity index (χ1v) is 11.7. The number of carbonyl (C=O) groups is 2. The molecule has 0 aliphatic rings. The number of hydrogen-bond donors (Lipinski definition) is 2. The number of esters is 1. The molecule has 0 fully saturated rings. The third kappa shape index (κ3) is 5.61. The summed E-state index contributed by atoms with van der Waals surface area (Å²) < 4.78 is 4.76. The molecule has 0 atom stereocenters. The number of aromatic nitrogens is 2. The zero-order chi connectivity index (χ0) is 26.5. The van der Waals surface area contributed by atoms with Crippen molar-refractivity contribution in [2.24, 2.45) is 4.99 Å². The van der Waals surface area contributed by atoms with Crippen molar-refractivity contribution >= 4 is 39.9 Å². The summed E-state index contributed by atoms with van der Waals surface area (Å²) in [5, 5.41) is 11.5. The molecular weight excluding hydrogens is 470 g/mol. The van der Waals surface area contributed by atoms with Gasteiger partial charge >= 0.3 is 5.97 Å². The summed E-state index contributed by atoms with van der Waals surface area (Å²) in [5.74, 6) is -0.568. The number of aromatic amines is 1. The van der Waals surface area contributed by atoms with Crippen LogP contribution in [0.1, 0.15) is 28.0 Å². The Bertz CT molecular complexity index is 1440. The zero-order valence-electron chi connectivity index (χ0n) is 21.2. The second-order valence-electron chi connectivity index (χ2n) is 8.76. The topological polar surface area (TPSA) is 111 Å². The molecular formula is C28H29N5O4. The number of nitrogens with one attached hydrogen (secondary N) is 1. The summed E-state index contributed by atoms with van der Waals surface area (Å²) >= 11 is 0. The third-order valence-electron chi connectivity index (χ3n) is 6.03. The Morgan fingerprint density at radius 3 is 2.41 bits per heavy atom. The van der Waals surface area contributed by atoms with E-state index in [4.69, 9.17) is 9.73 Å². The van der Waals surface area contributed by atoms with Gasteiger partial charge in [-0.3, -0.25) is 4.79 Å². The van der Waals surface area contributed by atoms with E-state index in [1.54, 1.807) is 25.1 Å². The number of methoxy groups -OCH3 is 1. The number of pyridine rings is 1. The molecule has 0 unspecified atom stereocenters. The maximum atomic E-state index is 11.9. The Labute approximate surface area is 215 Å². The van der Waals surface area contributed by atoms with Gasteiger partial charge in [-0.1, -0.05) is 30.3 Å². The van der Waals surface area contributed by atoms with E-state index in [1.807, 2.05) is 66.5 Å². The highest BCUT2D eigenvalue weighted by atomic mass is 16.5. The number of amides is 1. The molecule has 0 saturated carbocycles. The van der Waals surface area contributed by atoms with Crippen molar-refractivity contribution < 1.29 is 19.4 Å². The minimum absolute atomic E-state index is 0.0762. The Hall–Kier alpha value is -4.66. The SMILES string of the molecule is COC(=O)c1cc2[nH]c(O)c(C(=Nc3ccc(N(C)CCC(=O)N(C)C)cc3)c3ccccc3)c2cn1. The summed E-state index contributed by atoms with van der Waals surface area (Å²) in [7, 11) is 6.73. The van der Waals surface area contributed by atoms with Crippen molar-refractivity contribution in [3.8, 4) is 5.88 Å². The molecule has 190 valence electrons. The molecule has 37 heavy (non-hydrogen) atoms. The van der Waals surface area contributed by atoms with Crippen LogP contribution in [0.2, 0.25) is 0 Å². The average Bonchev–Trinajstić information content (AvgIpc) is 3.24. The maximum absolute atomic E-state index is 11.9. The molecule has 9 nitrogen and oxygen atoms in total. The molecule has 2 N–H and O–H groups in total. The van der Waals surface area contributed by atoms with Crippen LogP contribution in [-0.4, -0.2) is 72.4 Å². The number of aromatic hydroxyl groups is 1. The van der Waals surface area contributed by atoms with Gasteiger partial charge in [0.15, 0.2) is 5.88 Å². The smallest absolute Gasteiger partial charge is 0.356 e. The number of ether oxygens (including phenoxy) is 1. The van der Waals surface area contributed by atoms with Crippen molar-refractivity contribution in [2.45, 2.75) is 6.42 Å². The normalized spacial score (nSPS) is 11.4. The molecule has 0 aliphatic heterocycles. The van der Waals surface area contributed by atoms with Crippen LogP contribution < -0.4 is 4.90 Å². The molecule has 0 spiro atoms. The van der Waals surface area contributed by atoms with Crippen LogP contribution in [0.15, 0.2) is 71.9 Å². The number of rotatable bonds is 8. The number of aliphatic imine (C=N–C) groups is 1. The quantitative estimate of drug-likeness (QED) is 0.278. The lowest BCUT2D eigenvalue weighted by molar-refractivity contribution is -0.128. The Kier molecular flexibility index (Phi) is 7.52. The van der Waals surface area contributed by atoms with Gasteiger partial charge in [-0.25, -0.2) is 14.8 Å². The summed E-state index contributed by atoms with van der Waals surface area (Å²) in [6, 6.07) is 18.7. The second-order valence-corrected chi connectivity index (χ2v) is 8.76. The van der Waals surface area contributed by atoms with Gasteiger partial charge in [0.05, 0.1) is 29.6 Å². The Balaban J connectivity index is 1.71. The predicted octanol–water partition coefficient (Wildman–Crippen LogP) is 4.14. The summed E-state index contributed by atoms with van der Waals surface area (Å²) in [5.41, 5.74) is 4.15. The zero-order valence-corrected chi connectivity index (χ0v) is 21.2. The van der Waals surface area contributed by atoms with Crippen LogP contribution in [0.5, 0.6) is 5.88 Å². The third-order valence-corrected chi connectivity index (χ3v) is 6.03. The van der Waals surface area contributed by atoms with Gasteiger partial charge in [-0.15, -0.1) is 0 Å². The number of fused-ring (bicyclic) bond motifs is 1. The van der Waals surface area contributed by atoms with Crippen LogP contribution in [0.3, 0.4) is 0 Å². The Morgan fingerprint density at radius 2 is 1.76 bits per heavy atom. The van der Waals surface area contributed by atoms with Crippen molar-refractivity contribution in [1.82, 2.24) is 14.9 Å². The lowest BCUT2D eigenvalue weighted by Gasteiger charge is -2.20. The first kappa shape index (κ1) is 25.4. The summed E-state index contributed by atoms with van der Waals surface area (Å²) in [6.45, 7) is 0.596. The van der Waals surface area contributed by atoms with Gasteiger partial charge in [-0.2, -0.15) is 0 Å². The Morgan fingerprint density at radius 1 is 1.05 bits per heavy atom. The highest BCUT2D eigenvalue weighted by Crippen LogP contribution is 2.32. The fourth-order valence-corrected chi connectivity index (χ4v) is 3.92. The second kappa shape index (κ2) is 10.9. The predicted molar refractivity (Wildman–Crippen MR) is 144 cm³/mol. The minimum Gasteiger partial charge on any atom is -0.494 e. The highest BCUT2D eigenvalue weighted by molar-refractivity contribution is 6.22. The number of benzene rings is 2. The number of H-pyrrole nitrogens is 1. The van der Waals surface area contributed by atoms with E-state index in [-0.39, 0.29) is 17.5 Å². The molecule has 1 amide bonds. The van der Waals surface area contributed by atoms with E-state index in [0.29, 0.717) is 40.8 Å². The maximum Gasteiger partial charge on any atom is 0.356 e. The van der Waals surface area contributed by atoms with Gasteiger partial charge in [0.1, 0.15) is 5.69 Å². The van der Waals surface area contributed by atoms with Crippen molar-refractivity contribution in [3.05, 3.63) is 83.7 Å². The molecule has 0 bridgehead atoms. The average molecular weight is 500 g/mol.